The zero-order valence-electron chi connectivity index (χ0n) is 12.3. The van der Waals surface area contributed by atoms with E-state index in [9.17, 15) is 9.59 Å². The number of hydrogen-bond acceptors (Lipinski definition) is 4. The second kappa shape index (κ2) is 6.32. The number of rotatable bonds is 3. The van der Waals surface area contributed by atoms with Gasteiger partial charge < -0.3 is 9.64 Å². The molecule has 2 aromatic rings. The molecule has 1 unspecified atom stereocenters. The van der Waals surface area contributed by atoms with E-state index < -0.39 is 0 Å². The molecule has 1 aliphatic rings. The number of nitrogens with zero attached hydrogens (tertiary/aromatic N) is 1. The van der Waals surface area contributed by atoms with Gasteiger partial charge in [0.2, 0.25) is 5.91 Å². The quantitative estimate of drug-likeness (QED) is 0.818. The Bertz CT molecular complexity index is 681. The van der Waals surface area contributed by atoms with E-state index in [4.69, 9.17) is 4.74 Å². The van der Waals surface area contributed by atoms with Gasteiger partial charge in [-0.05, 0) is 29.5 Å². The summed E-state index contributed by atoms with van der Waals surface area (Å²) in [6.45, 7) is 0.543. The predicted octanol–water partition coefficient (Wildman–Crippen LogP) is 2.98. The van der Waals surface area contributed by atoms with Crippen molar-refractivity contribution in [3.8, 4) is 0 Å². The summed E-state index contributed by atoms with van der Waals surface area (Å²) in [5, 5.41) is 1.97. The maximum absolute atomic E-state index is 12.6. The maximum Gasteiger partial charge on any atom is 0.313 e. The average Bonchev–Trinajstić information content (AvgIpc) is 3.06. The summed E-state index contributed by atoms with van der Waals surface area (Å²) < 4.78 is 4.89. The highest BCUT2D eigenvalue weighted by Gasteiger charge is 2.32. The standard InChI is InChI=1S/C17H17NO3S/c1-21-17(20)14-8-9-18(15-7-3-2-6-13(14)15)16(19)11-12-5-4-10-22-12/h2-7,10,14H,8-9,11H2,1H3. The first-order chi connectivity index (χ1) is 10.7. The minimum absolute atomic E-state index is 0.0678. The third kappa shape index (κ3) is 2.76. The number of carbonyl (C=O) groups excluding carboxylic acids is 2. The fourth-order valence-electron chi connectivity index (χ4n) is 2.87. The second-order valence-electron chi connectivity index (χ2n) is 5.22. The molecule has 0 spiro atoms. The van der Waals surface area contributed by atoms with Crippen LogP contribution in [0.15, 0.2) is 41.8 Å². The molecule has 3 rings (SSSR count). The molecule has 1 atom stereocenters. The van der Waals surface area contributed by atoms with Crippen LogP contribution in [0.1, 0.15) is 22.8 Å². The fraction of sp³-hybridized carbons (Fsp3) is 0.294. The van der Waals surface area contributed by atoms with E-state index in [2.05, 4.69) is 0 Å². The van der Waals surface area contributed by atoms with Crippen LogP contribution in [0, 0.1) is 0 Å². The van der Waals surface area contributed by atoms with Crippen LogP contribution >= 0.6 is 11.3 Å². The molecule has 22 heavy (non-hydrogen) atoms. The largest absolute Gasteiger partial charge is 0.469 e. The van der Waals surface area contributed by atoms with Crippen LogP contribution in [-0.4, -0.2) is 25.5 Å². The molecule has 5 heteroatoms. The van der Waals surface area contributed by atoms with Gasteiger partial charge in [0.1, 0.15) is 0 Å². The number of fused-ring (bicyclic) bond motifs is 1. The Hall–Kier alpha value is -2.14. The molecule has 1 amide bonds. The van der Waals surface area contributed by atoms with Crippen molar-refractivity contribution in [1.29, 1.82) is 0 Å². The summed E-state index contributed by atoms with van der Waals surface area (Å²) in [7, 11) is 1.40. The molecule has 2 heterocycles. The molecule has 0 bridgehead atoms. The molecule has 1 aromatic heterocycles. The lowest BCUT2D eigenvalue weighted by Gasteiger charge is -2.33. The van der Waals surface area contributed by atoms with E-state index in [-0.39, 0.29) is 17.8 Å². The van der Waals surface area contributed by atoms with Gasteiger partial charge in [0.15, 0.2) is 0 Å². The van der Waals surface area contributed by atoms with Crippen LogP contribution in [-0.2, 0) is 20.7 Å². The molecule has 0 N–H and O–H groups in total. The Labute approximate surface area is 133 Å². The van der Waals surface area contributed by atoms with Gasteiger partial charge in [0.05, 0.1) is 19.4 Å². The van der Waals surface area contributed by atoms with Crippen LogP contribution in [0.5, 0.6) is 0 Å². The number of para-hydroxylation sites is 1. The Morgan fingerprint density at radius 3 is 2.82 bits per heavy atom. The second-order valence-corrected chi connectivity index (χ2v) is 6.26. The first-order valence-corrected chi connectivity index (χ1v) is 8.08. The van der Waals surface area contributed by atoms with Gasteiger partial charge in [-0.2, -0.15) is 0 Å². The highest BCUT2D eigenvalue weighted by molar-refractivity contribution is 7.10. The first-order valence-electron chi connectivity index (χ1n) is 7.20. The van der Waals surface area contributed by atoms with Gasteiger partial charge in [0, 0.05) is 17.1 Å². The molecule has 1 aliphatic heterocycles. The number of benzene rings is 1. The average molecular weight is 315 g/mol. The van der Waals surface area contributed by atoms with Gasteiger partial charge >= 0.3 is 5.97 Å². The van der Waals surface area contributed by atoms with Gasteiger partial charge in [-0.25, -0.2) is 0 Å². The normalized spacial score (nSPS) is 17.0. The Morgan fingerprint density at radius 1 is 1.27 bits per heavy atom. The van der Waals surface area contributed by atoms with Crippen molar-refractivity contribution < 1.29 is 14.3 Å². The Kier molecular flexibility index (Phi) is 4.24. The molecule has 114 valence electrons. The van der Waals surface area contributed by atoms with Gasteiger partial charge in [0.25, 0.3) is 0 Å². The van der Waals surface area contributed by atoms with Gasteiger partial charge in [-0.3, -0.25) is 9.59 Å². The van der Waals surface area contributed by atoms with Gasteiger partial charge in [-0.1, -0.05) is 24.3 Å². The van der Waals surface area contributed by atoms with Crippen molar-refractivity contribution >= 4 is 28.9 Å². The molecule has 0 saturated carbocycles. The first kappa shape index (κ1) is 14.8. The van der Waals surface area contributed by atoms with E-state index >= 15 is 0 Å². The summed E-state index contributed by atoms with van der Waals surface area (Å²) in [5.74, 6) is -0.456. The van der Waals surface area contributed by atoms with Crippen molar-refractivity contribution in [3.63, 3.8) is 0 Å². The molecule has 0 fully saturated rings. The third-order valence-corrected chi connectivity index (χ3v) is 4.81. The number of esters is 1. The van der Waals surface area contributed by atoms with E-state index in [0.29, 0.717) is 19.4 Å². The molecule has 1 aromatic carbocycles. The van der Waals surface area contributed by atoms with E-state index in [1.165, 1.54) is 7.11 Å². The zero-order chi connectivity index (χ0) is 15.5. The highest BCUT2D eigenvalue weighted by Crippen LogP contribution is 2.36. The van der Waals surface area contributed by atoms with Crippen LogP contribution < -0.4 is 4.90 Å². The van der Waals surface area contributed by atoms with Crippen molar-refractivity contribution in [2.75, 3.05) is 18.6 Å². The highest BCUT2D eigenvalue weighted by atomic mass is 32.1. The monoisotopic (exact) mass is 315 g/mol. The summed E-state index contributed by atoms with van der Waals surface area (Å²) in [5.41, 5.74) is 1.70. The van der Waals surface area contributed by atoms with Gasteiger partial charge in [-0.15, -0.1) is 11.3 Å². The lowest BCUT2D eigenvalue weighted by atomic mass is 9.89. The Balaban J connectivity index is 1.87. The fourth-order valence-corrected chi connectivity index (χ4v) is 3.56. The molecule has 0 saturated heterocycles. The van der Waals surface area contributed by atoms with Crippen LogP contribution in [0.4, 0.5) is 5.69 Å². The minimum atomic E-state index is -0.285. The maximum atomic E-state index is 12.6. The molecule has 0 aliphatic carbocycles. The van der Waals surface area contributed by atoms with Crippen molar-refractivity contribution in [1.82, 2.24) is 0 Å². The Morgan fingerprint density at radius 2 is 2.09 bits per heavy atom. The number of methoxy groups -OCH3 is 1. The molecular weight excluding hydrogens is 298 g/mol. The zero-order valence-corrected chi connectivity index (χ0v) is 13.1. The number of carbonyl (C=O) groups is 2. The number of anilines is 1. The number of hydrogen-bond donors (Lipinski definition) is 0. The minimum Gasteiger partial charge on any atom is -0.469 e. The summed E-state index contributed by atoms with van der Waals surface area (Å²) in [4.78, 5) is 27.4. The van der Waals surface area contributed by atoms with Crippen LogP contribution in [0.3, 0.4) is 0 Å². The number of ether oxygens (including phenoxy) is 1. The van der Waals surface area contributed by atoms with Crippen molar-refractivity contribution in [2.45, 2.75) is 18.8 Å². The summed E-state index contributed by atoms with van der Waals surface area (Å²) in [6.07, 6.45) is 0.995. The van der Waals surface area contributed by atoms with Crippen LogP contribution in [0.2, 0.25) is 0 Å². The predicted molar refractivity (Wildman–Crippen MR) is 86.2 cm³/mol. The van der Waals surface area contributed by atoms with E-state index in [1.54, 1.807) is 16.2 Å². The van der Waals surface area contributed by atoms with Crippen molar-refractivity contribution in [2.24, 2.45) is 0 Å². The van der Waals surface area contributed by atoms with Crippen molar-refractivity contribution in [3.05, 3.63) is 52.2 Å². The van der Waals surface area contributed by atoms with Crippen LogP contribution in [0.25, 0.3) is 0 Å². The SMILES string of the molecule is COC(=O)C1CCN(C(=O)Cc2cccs2)c2ccccc21. The smallest absolute Gasteiger partial charge is 0.313 e. The molecular formula is C17H17NO3S. The number of amides is 1. The lowest BCUT2D eigenvalue weighted by molar-refractivity contribution is -0.142. The lowest BCUT2D eigenvalue weighted by Crippen LogP contribution is -2.39. The third-order valence-electron chi connectivity index (χ3n) is 3.94. The van der Waals surface area contributed by atoms with E-state index in [0.717, 1.165) is 16.1 Å². The molecule has 4 nitrogen and oxygen atoms in total. The summed E-state index contributed by atoms with van der Waals surface area (Å²) >= 11 is 1.58. The van der Waals surface area contributed by atoms with E-state index in [1.807, 2.05) is 41.8 Å². The molecule has 0 radical (unpaired) electrons. The topological polar surface area (TPSA) is 46.6 Å². The number of thiophene rings is 1. The summed E-state index contributed by atoms with van der Waals surface area (Å²) in [6, 6.07) is 11.5.